The van der Waals surface area contributed by atoms with Crippen molar-refractivity contribution < 1.29 is 14.3 Å². The maximum Gasteiger partial charge on any atom is 0.251 e. The summed E-state index contributed by atoms with van der Waals surface area (Å²) in [5.41, 5.74) is 3.19. The maximum absolute atomic E-state index is 14.8. The van der Waals surface area contributed by atoms with Gasteiger partial charge in [-0.05, 0) is 49.8 Å². The SMILES string of the molecule is Cc1cccc(F)c1/C(=C\CCc1cnc(-c2ccccc2)nc1)C(=O)NC1CCCC[C@@H]1O. The number of amides is 1. The Morgan fingerprint density at radius 1 is 1.09 bits per heavy atom. The molecular formula is C28H30FN3O2. The number of aliphatic hydroxyl groups excluding tert-OH is 1. The van der Waals surface area contributed by atoms with Crippen LogP contribution in [0.5, 0.6) is 0 Å². The third-order valence-electron chi connectivity index (χ3n) is 6.30. The first-order valence-corrected chi connectivity index (χ1v) is 11.8. The van der Waals surface area contributed by atoms with Crippen LogP contribution in [-0.2, 0) is 11.2 Å². The third kappa shape index (κ3) is 5.75. The molecule has 1 heterocycles. The molecule has 2 N–H and O–H groups in total. The molecule has 1 aliphatic carbocycles. The van der Waals surface area contributed by atoms with Gasteiger partial charge in [0.25, 0.3) is 5.91 Å². The molecule has 0 aliphatic heterocycles. The minimum absolute atomic E-state index is 0.301. The van der Waals surface area contributed by atoms with Crippen LogP contribution in [0.25, 0.3) is 17.0 Å². The van der Waals surface area contributed by atoms with Crippen molar-refractivity contribution in [1.82, 2.24) is 15.3 Å². The summed E-state index contributed by atoms with van der Waals surface area (Å²) in [7, 11) is 0. The van der Waals surface area contributed by atoms with Gasteiger partial charge in [0.05, 0.1) is 12.1 Å². The van der Waals surface area contributed by atoms with Crippen molar-refractivity contribution in [2.75, 3.05) is 0 Å². The van der Waals surface area contributed by atoms with Crippen molar-refractivity contribution in [2.24, 2.45) is 0 Å². The second kappa shape index (κ2) is 11.2. The summed E-state index contributed by atoms with van der Waals surface area (Å²) in [5, 5.41) is 13.2. The first kappa shape index (κ1) is 23.8. The van der Waals surface area contributed by atoms with Crippen molar-refractivity contribution in [3.63, 3.8) is 0 Å². The number of rotatable bonds is 7. The van der Waals surface area contributed by atoms with Crippen LogP contribution in [0.1, 0.15) is 48.8 Å². The van der Waals surface area contributed by atoms with Gasteiger partial charge in [0.15, 0.2) is 5.82 Å². The van der Waals surface area contributed by atoms with E-state index in [1.54, 1.807) is 37.5 Å². The number of aromatic nitrogens is 2. The molecule has 2 atom stereocenters. The molecule has 1 aliphatic rings. The number of nitrogens with zero attached hydrogens (tertiary/aromatic N) is 2. The third-order valence-corrected chi connectivity index (χ3v) is 6.30. The average molecular weight is 460 g/mol. The molecule has 1 unspecified atom stereocenters. The molecule has 6 heteroatoms. The molecule has 1 saturated carbocycles. The summed E-state index contributed by atoms with van der Waals surface area (Å²) >= 11 is 0. The number of aliphatic hydroxyl groups is 1. The van der Waals surface area contributed by atoms with E-state index in [2.05, 4.69) is 15.3 Å². The molecule has 1 amide bonds. The predicted molar refractivity (Wildman–Crippen MR) is 131 cm³/mol. The van der Waals surface area contributed by atoms with Gasteiger partial charge in [-0.3, -0.25) is 4.79 Å². The molecular weight excluding hydrogens is 429 g/mol. The van der Waals surface area contributed by atoms with Crippen LogP contribution in [0.15, 0.2) is 67.0 Å². The Morgan fingerprint density at radius 2 is 1.82 bits per heavy atom. The van der Waals surface area contributed by atoms with Crippen LogP contribution in [0, 0.1) is 12.7 Å². The Balaban J connectivity index is 1.51. The molecule has 0 radical (unpaired) electrons. The molecule has 1 fully saturated rings. The van der Waals surface area contributed by atoms with E-state index in [0.717, 1.165) is 30.4 Å². The zero-order valence-corrected chi connectivity index (χ0v) is 19.4. The molecule has 0 saturated heterocycles. The van der Waals surface area contributed by atoms with Crippen molar-refractivity contribution in [3.8, 4) is 11.4 Å². The molecule has 2 aromatic carbocycles. The summed E-state index contributed by atoms with van der Waals surface area (Å²) in [6.07, 6.45) is 9.23. The summed E-state index contributed by atoms with van der Waals surface area (Å²) in [6.45, 7) is 1.80. The molecule has 5 nitrogen and oxygen atoms in total. The number of nitrogens with one attached hydrogen (secondary N) is 1. The van der Waals surface area contributed by atoms with Gasteiger partial charge >= 0.3 is 0 Å². The van der Waals surface area contributed by atoms with Gasteiger partial charge in [0, 0.05) is 29.1 Å². The monoisotopic (exact) mass is 459 g/mol. The van der Waals surface area contributed by atoms with Crippen LogP contribution in [0.4, 0.5) is 4.39 Å². The van der Waals surface area contributed by atoms with Crippen LogP contribution in [-0.4, -0.2) is 33.1 Å². The highest BCUT2D eigenvalue weighted by Gasteiger charge is 2.27. The average Bonchev–Trinajstić information content (AvgIpc) is 2.85. The Hall–Kier alpha value is -3.38. The largest absolute Gasteiger partial charge is 0.391 e. The molecule has 3 aromatic rings. The molecule has 0 spiro atoms. The van der Waals surface area contributed by atoms with Gasteiger partial charge in [0.2, 0.25) is 0 Å². The molecule has 34 heavy (non-hydrogen) atoms. The van der Waals surface area contributed by atoms with Crippen molar-refractivity contribution in [3.05, 3.63) is 89.5 Å². The molecule has 1 aromatic heterocycles. The van der Waals surface area contributed by atoms with Crippen molar-refractivity contribution in [1.29, 1.82) is 0 Å². The summed E-state index contributed by atoms with van der Waals surface area (Å²) in [5.74, 6) is -0.121. The lowest BCUT2D eigenvalue weighted by Crippen LogP contribution is -2.45. The standard InChI is InChI=1S/C28H30FN3O2/c1-19-9-7-14-23(29)26(19)22(28(34)32-24-15-5-6-16-25(24)33)13-8-10-20-17-30-27(31-18-20)21-11-3-2-4-12-21/h2-4,7,9,11-14,17-18,24-25,33H,5-6,8,10,15-16H2,1H3,(H,32,34)/b22-13+/t24?,25-/m0/s1. The van der Waals surface area contributed by atoms with E-state index in [-0.39, 0.29) is 11.9 Å². The number of aryl methyl sites for hydroxylation is 2. The number of benzene rings is 2. The van der Waals surface area contributed by atoms with E-state index in [9.17, 15) is 14.3 Å². The van der Waals surface area contributed by atoms with Crippen LogP contribution in [0.2, 0.25) is 0 Å². The zero-order valence-electron chi connectivity index (χ0n) is 19.4. The fraction of sp³-hybridized carbons (Fsp3) is 0.321. The van der Waals surface area contributed by atoms with E-state index in [4.69, 9.17) is 0 Å². The lowest BCUT2D eigenvalue weighted by molar-refractivity contribution is -0.117. The first-order chi connectivity index (χ1) is 16.5. The number of allylic oxidation sites excluding steroid dienone is 1. The van der Waals surface area contributed by atoms with Gasteiger partial charge in [0.1, 0.15) is 5.82 Å². The smallest absolute Gasteiger partial charge is 0.251 e. The molecule has 176 valence electrons. The maximum atomic E-state index is 14.8. The second-order valence-electron chi connectivity index (χ2n) is 8.80. The summed E-state index contributed by atoms with van der Waals surface area (Å²) in [6, 6.07) is 14.3. The van der Waals surface area contributed by atoms with E-state index in [0.29, 0.717) is 41.8 Å². The van der Waals surface area contributed by atoms with Gasteiger partial charge < -0.3 is 10.4 Å². The quantitative estimate of drug-likeness (QED) is 0.486. The Labute approximate surface area is 199 Å². The van der Waals surface area contributed by atoms with Gasteiger partial charge in [-0.25, -0.2) is 14.4 Å². The highest BCUT2D eigenvalue weighted by atomic mass is 19.1. The lowest BCUT2D eigenvalue weighted by Gasteiger charge is -2.29. The van der Waals surface area contributed by atoms with Gasteiger partial charge in [-0.2, -0.15) is 0 Å². The Bertz CT molecular complexity index is 1130. The topological polar surface area (TPSA) is 75.1 Å². The number of carbonyl (C=O) groups excluding carboxylic acids is 1. The first-order valence-electron chi connectivity index (χ1n) is 11.8. The summed E-state index contributed by atoms with van der Waals surface area (Å²) in [4.78, 5) is 22.1. The van der Waals surface area contributed by atoms with Gasteiger partial charge in [-0.1, -0.05) is 61.4 Å². The van der Waals surface area contributed by atoms with E-state index in [1.807, 2.05) is 30.3 Å². The van der Waals surface area contributed by atoms with Gasteiger partial charge in [-0.15, -0.1) is 0 Å². The highest BCUT2D eigenvalue weighted by molar-refractivity contribution is 6.20. The second-order valence-corrected chi connectivity index (χ2v) is 8.80. The highest BCUT2D eigenvalue weighted by Crippen LogP contribution is 2.25. The number of hydrogen-bond acceptors (Lipinski definition) is 4. The predicted octanol–water partition coefficient (Wildman–Crippen LogP) is 5.03. The van der Waals surface area contributed by atoms with Crippen LogP contribution in [0.3, 0.4) is 0 Å². The molecule has 4 rings (SSSR count). The van der Waals surface area contributed by atoms with E-state index >= 15 is 0 Å². The number of carbonyl (C=O) groups is 1. The fourth-order valence-corrected chi connectivity index (χ4v) is 4.41. The summed E-state index contributed by atoms with van der Waals surface area (Å²) < 4.78 is 14.8. The number of hydrogen-bond donors (Lipinski definition) is 2. The lowest BCUT2D eigenvalue weighted by atomic mass is 9.91. The fourth-order valence-electron chi connectivity index (χ4n) is 4.41. The zero-order chi connectivity index (χ0) is 23.9. The number of halogens is 1. The van der Waals surface area contributed by atoms with E-state index in [1.165, 1.54) is 6.07 Å². The normalized spacial score (nSPS) is 18.5. The van der Waals surface area contributed by atoms with Crippen LogP contribution < -0.4 is 5.32 Å². The Kier molecular flexibility index (Phi) is 7.80. The minimum atomic E-state index is -0.569. The Morgan fingerprint density at radius 3 is 2.53 bits per heavy atom. The van der Waals surface area contributed by atoms with Crippen LogP contribution >= 0.6 is 0 Å². The van der Waals surface area contributed by atoms with E-state index < -0.39 is 11.9 Å². The minimum Gasteiger partial charge on any atom is -0.391 e. The molecule has 0 bridgehead atoms. The van der Waals surface area contributed by atoms with Crippen molar-refractivity contribution >= 4 is 11.5 Å². The van der Waals surface area contributed by atoms with Crippen molar-refractivity contribution in [2.45, 2.75) is 57.6 Å².